The van der Waals surface area contributed by atoms with E-state index in [2.05, 4.69) is 5.32 Å². The lowest BCUT2D eigenvalue weighted by Gasteiger charge is -2.24. The number of nitrogens with zero attached hydrogens (tertiary/aromatic N) is 1. The van der Waals surface area contributed by atoms with Crippen molar-refractivity contribution in [1.29, 1.82) is 0 Å². The number of aliphatic hydroxyl groups is 1. The van der Waals surface area contributed by atoms with Gasteiger partial charge in [-0.15, -0.1) is 0 Å². The second kappa shape index (κ2) is 5.40. The molecule has 1 aromatic carbocycles. The van der Waals surface area contributed by atoms with Gasteiger partial charge in [0.2, 0.25) is 0 Å². The number of rotatable bonds is 3. The van der Waals surface area contributed by atoms with Crippen molar-refractivity contribution in [2.45, 2.75) is 25.9 Å². The number of hydrogen-bond donors (Lipinski definition) is 2. The zero-order chi connectivity index (χ0) is 13.1. The van der Waals surface area contributed by atoms with Crippen molar-refractivity contribution < 1.29 is 9.90 Å². The summed E-state index contributed by atoms with van der Waals surface area (Å²) in [4.78, 5) is 13.9. The molecule has 0 fully saturated rings. The van der Waals surface area contributed by atoms with Gasteiger partial charge in [-0.1, -0.05) is 6.07 Å². The number of amides is 1. The molecule has 18 heavy (non-hydrogen) atoms. The average molecular weight is 248 g/mol. The topological polar surface area (TPSA) is 52.6 Å². The number of benzene rings is 1. The fourth-order valence-electron chi connectivity index (χ4n) is 2.40. The van der Waals surface area contributed by atoms with Crippen molar-refractivity contribution in [2.24, 2.45) is 0 Å². The largest absolute Gasteiger partial charge is 0.392 e. The Kier molecular flexibility index (Phi) is 3.87. The summed E-state index contributed by atoms with van der Waals surface area (Å²) in [5.41, 5.74) is 2.92. The minimum absolute atomic E-state index is 0.0172. The van der Waals surface area contributed by atoms with E-state index in [0.29, 0.717) is 6.54 Å². The van der Waals surface area contributed by atoms with Crippen molar-refractivity contribution in [3.8, 4) is 0 Å². The van der Waals surface area contributed by atoms with Crippen LogP contribution < -0.4 is 5.32 Å². The maximum Gasteiger partial charge on any atom is 0.254 e. The number of anilines is 1. The second-order valence-corrected chi connectivity index (χ2v) is 4.90. The van der Waals surface area contributed by atoms with Crippen LogP contribution in [-0.4, -0.2) is 42.2 Å². The Labute approximate surface area is 108 Å². The molecule has 1 heterocycles. The normalized spacial score (nSPS) is 15.5. The Balaban J connectivity index is 2.25. The molecule has 0 spiro atoms. The molecule has 4 heteroatoms. The average Bonchev–Trinajstić information content (AvgIpc) is 2.36. The van der Waals surface area contributed by atoms with E-state index in [-0.39, 0.29) is 5.91 Å². The lowest BCUT2D eigenvalue weighted by atomic mass is 9.97. The van der Waals surface area contributed by atoms with Crippen LogP contribution in [0.1, 0.15) is 29.3 Å². The molecule has 2 N–H and O–H groups in total. The number of likely N-dealkylation sites (N-methyl/N-ethyl adjacent to an activating group) is 1. The first kappa shape index (κ1) is 12.9. The first-order valence-corrected chi connectivity index (χ1v) is 6.39. The molecule has 4 nitrogen and oxygen atoms in total. The van der Waals surface area contributed by atoms with E-state index >= 15 is 0 Å². The van der Waals surface area contributed by atoms with Crippen molar-refractivity contribution in [1.82, 2.24) is 4.90 Å². The van der Waals surface area contributed by atoms with E-state index in [4.69, 9.17) is 0 Å². The van der Waals surface area contributed by atoms with Crippen LogP contribution in [0, 0.1) is 0 Å². The molecule has 1 unspecified atom stereocenters. The summed E-state index contributed by atoms with van der Waals surface area (Å²) in [7, 11) is 1.73. The number of hydrogen-bond acceptors (Lipinski definition) is 3. The van der Waals surface area contributed by atoms with Gasteiger partial charge in [0.25, 0.3) is 5.91 Å². The summed E-state index contributed by atoms with van der Waals surface area (Å²) < 4.78 is 0. The first-order valence-electron chi connectivity index (χ1n) is 6.39. The summed E-state index contributed by atoms with van der Waals surface area (Å²) in [6.07, 6.45) is 1.49. The molecule has 0 saturated heterocycles. The van der Waals surface area contributed by atoms with Crippen LogP contribution in [0.2, 0.25) is 0 Å². The molecule has 0 aliphatic carbocycles. The summed E-state index contributed by atoms with van der Waals surface area (Å²) in [6.45, 7) is 3.01. The van der Waals surface area contributed by atoms with E-state index in [1.807, 2.05) is 18.2 Å². The van der Waals surface area contributed by atoms with Gasteiger partial charge < -0.3 is 15.3 Å². The molecule has 1 aromatic rings. The summed E-state index contributed by atoms with van der Waals surface area (Å²) in [6, 6.07) is 5.78. The smallest absolute Gasteiger partial charge is 0.254 e. The molecule has 0 bridgehead atoms. The van der Waals surface area contributed by atoms with E-state index in [9.17, 15) is 9.90 Å². The molecular formula is C14H20N2O2. The van der Waals surface area contributed by atoms with Crippen molar-refractivity contribution >= 4 is 11.6 Å². The van der Waals surface area contributed by atoms with E-state index in [1.54, 1.807) is 18.9 Å². The number of aliphatic hydroxyl groups excluding tert-OH is 1. The van der Waals surface area contributed by atoms with Crippen molar-refractivity contribution in [2.75, 3.05) is 25.5 Å². The van der Waals surface area contributed by atoms with Crippen LogP contribution in [-0.2, 0) is 6.42 Å². The van der Waals surface area contributed by atoms with Gasteiger partial charge in [0, 0.05) is 31.4 Å². The number of carbonyl (C=O) groups excluding carboxylic acids is 1. The zero-order valence-electron chi connectivity index (χ0n) is 10.9. The van der Waals surface area contributed by atoms with E-state index in [0.717, 1.165) is 36.2 Å². The lowest BCUT2D eigenvalue weighted by Crippen LogP contribution is -2.34. The third-order valence-corrected chi connectivity index (χ3v) is 3.21. The molecular weight excluding hydrogens is 228 g/mol. The quantitative estimate of drug-likeness (QED) is 0.852. The minimum atomic E-state index is -0.503. The molecule has 1 atom stereocenters. The van der Waals surface area contributed by atoms with E-state index in [1.165, 1.54) is 0 Å². The molecule has 1 aliphatic rings. The Morgan fingerprint density at radius 2 is 2.33 bits per heavy atom. The Hall–Kier alpha value is -1.55. The molecule has 0 aromatic heterocycles. The van der Waals surface area contributed by atoms with Gasteiger partial charge in [0.05, 0.1) is 6.10 Å². The van der Waals surface area contributed by atoms with Gasteiger partial charge in [-0.25, -0.2) is 0 Å². The van der Waals surface area contributed by atoms with Gasteiger partial charge in [0.1, 0.15) is 0 Å². The maximum absolute atomic E-state index is 12.3. The highest BCUT2D eigenvalue weighted by molar-refractivity contribution is 5.97. The summed E-state index contributed by atoms with van der Waals surface area (Å²) in [5.74, 6) is -0.0172. The molecule has 2 rings (SSSR count). The predicted molar refractivity (Wildman–Crippen MR) is 71.9 cm³/mol. The fourth-order valence-corrected chi connectivity index (χ4v) is 2.40. The monoisotopic (exact) mass is 248 g/mol. The molecule has 0 saturated carbocycles. The predicted octanol–water partition coefficient (Wildman–Crippen LogP) is 1.50. The van der Waals surface area contributed by atoms with Crippen LogP contribution in [0.15, 0.2) is 18.2 Å². The highest BCUT2D eigenvalue weighted by Gasteiger charge is 2.20. The van der Waals surface area contributed by atoms with Crippen LogP contribution in [0.3, 0.4) is 0 Å². The molecule has 1 aliphatic heterocycles. The van der Waals surface area contributed by atoms with Crippen molar-refractivity contribution in [3.63, 3.8) is 0 Å². The Bertz CT molecular complexity index is 443. The van der Waals surface area contributed by atoms with Crippen LogP contribution in [0.4, 0.5) is 5.69 Å². The zero-order valence-corrected chi connectivity index (χ0v) is 10.9. The highest BCUT2D eigenvalue weighted by Crippen LogP contribution is 2.26. The third-order valence-electron chi connectivity index (χ3n) is 3.21. The number of nitrogens with one attached hydrogen (secondary N) is 1. The van der Waals surface area contributed by atoms with Gasteiger partial charge in [-0.3, -0.25) is 4.79 Å². The van der Waals surface area contributed by atoms with Crippen LogP contribution in [0.25, 0.3) is 0 Å². The van der Waals surface area contributed by atoms with Crippen LogP contribution >= 0.6 is 0 Å². The number of fused-ring (bicyclic) bond motifs is 1. The second-order valence-electron chi connectivity index (χ2n) is 4.90. The van der Waals surface area contributed by atoms with Gasteiger partial charge in [-0.05, 0) is 37.5 Å². The molecule has 1 amide bonds. The molecule has 98 valence electrons. The maximum atomic E-state index is 12.3. The number of carbonyl (C=O) groups is 1. The van der Waals surface area contributed by atoms with Gasteiger partial charge in [0.15, 0.2) is 0 Å². The van der Waals surface area contributed by atoms with Gasteiger partial charge in [-0.2, -0.15) is 0 Å². The first-order chi connectivity index (χ1) is 8.59. The Morgan fingerprint density at radius 3 is 3.06 bits per heavy atom. The molecule has 0 radical (unpaired) electrons. The van der Waals surface area contributed by atoms with Crippen LogP contribution in [0.5, 0.6) is 0 Å². The minimum Gasteiger partial charge on any atom is -0.392 e. The SMILES string of the molecule is CC(O)CN(C)C(=O)c1cccc2c1CCCN2. The van der Waals surface area contributed by atoms with Crippen molar-refractivity contribution in [3.05, 3.63) is 29.3 Å². The standard InChI is InChI=1S/C14H20N2O2/c1-10(17)9-16(2)14(18)12-5-3-7-13-11(12)6-4-8-15-13/h3,5,7,10,15,17H,4,6,8-9H2,1-2H3. The Morgan fingerprint density at radius 1 is 1.56 bits per heavy atom. The lowest BCUT2D eigenvalue weighted by molar-refractivity contribution is 0.0702. The van der Waals surface area contributed by atoms with E-state index < -0.39 is 6.10 Å². The summed E-state index contributed by atoms with van der Waals surface area (Å²) in [5, 5.41) is 12.7. The third kappa shape index (κ3) is 2.64. The highest BCUT2D eigenvalue weighted by atomic mass is 16.3. The fraction of sp³-hybridized carbons (Fsp3) is 0.500. The summed E-state index contributed by atoms with van der Waals surface area (Å²) >= 11 is 0. The van der Waals surface area contributed by atoms with Gasteiger partial charge >= 0.3 is 0 Å².